The smallest absolute Gasteiger partial charge is 0.307 e. The van der Waals surface area contributed by atoms with Gasteiger partial charge in [-0.2, -0.15) is 0 Å². The molecule has 0 atom stereocenters. The zero-order valence-electron chi connectivity index (χ0n) is 15.0. The van der Waals surface area contributed by atoms with Crippen molar-refractivity contribution >= 4 is 55.5 Å². The largest absolute Gasteiger partial charge is 0.459 e. The second-order valence-corrected chi connectivity index (χ2v) is 9.29. The summed E-state index contributed by atoms with van der Waals surface area (Å²) in [6.07, 6.45) is -0.222. The predicted octanol–water partition coefficient (Wildman–Crippen LogP) is 2.78. The number of carbonyl (C=O) groups is 1. The van der Waals surface area contributed by atoms with Crippen LogP contribution in [0.25, 0.3) is 4.96 Å². The molecular weight excluding hydrogens is 461 g/mol. The highest BCUT2D eigenvalue weighted by atomic mass is 35.5. The third-order valence-electron chi connectivity index (χ3n) is 3.82. The quantitative estimate of drug-likeness (QED) is 0.526. The van der Waals surface area contributed by atoms with E-state index in [1.807, 2.05) is 0 Å². The lowest BCUT2D eigenvalue weighted by Gasteiger charge is -2.10. The zero-order chi connectivity index (χ0) is 21.2. The molecule has 0 fully saturated rings. The summed E-state index contributed by atoms with van der Waals surface area (Å²) in [5.74, 6) is -0.651. The molecule has 3 rings (SSSR count). The number of hydrogen-bond donors (Lipinski definition) is 1. The van der Waals surface area contributed by atoms with Gasteiger partial charge in [-0.3, -0.25) is 14.0 Å². The van der Waals surface area contributed by atoms with Crippen LogP contribution in [-0.2, 0) is 26.2 Å². The second-order valence-electron chi connectivity index (χ2n) is 5.94. The van der Waals surface area contributed by atoms with E-state index in [-0.39, 0.29) is 40.1 Å². The fourth-order valence-electron chi connectivity index (χ4n) is 2.50. The van der Waals surface area contributed by atoms with Gasteiger partial charge in [-0.05, 0) is 19.1 Å². The number of ether oxygens (including phenoxy) is 1. The van der Waals surface area contributed by atoms with Gasteiger partial charge in [0.15, 0.2) is 4.96 Å². The molecule has 0 aliphatic heterocycles. The van der Waals surface area contributed by atoms with Crippen LogP contribution in [-0.4, -0.2) is 30.3 Å². The highest BCUT2D eigenvalue weighted by molar-refractivity contribution is 7.89. The van der Waals surface area contributed by atoms with Crippen LogP contribution in [0.2, 0.25) is 10.0 Å². The summed E-state index contributed by atoms with van der Waals surface area (Å²) >= 11 is 13.1. The molecule has 0 radical (unpaired) electrons. The average Bonchev–Trinajstić information content (AvgIpc) is 3.01. The van der Waals surface area contributed by atoms with E-state index in [1.54, 1.807) is 12.3 Å². The number of hydrogen-bond acceptors (Lipinski definition) is 7. The maximum absolute atomic E-state index is 12.3. The van der Waals surface area contributed by atoms with Gasteiger partial charge in [-0.25, -0.2) is 18.1 Å². The molecule has 29 heavy (non-hydrogen) atoms. The second kappa shape index (κ2) is 8.80. The highest BCUT2D eigenvalue weighted by Crippen LogP contribution is 2.28. The number of fused-ring (bicyclic) bond motifs is 1. The summed E-state index contributed by atoms with van der Waals surface area (Å²) in [6.45, 7) is 1.40. The lowest BCUT2D eigenvalue weighted by atomic mass is 10.4. The minimum Gasteiger partial charge on any atom is -0.459 e. The zero-order valence-corrected chi connectivity index (χ0v) is 18.2. The van der Waals surface area contributed by atoms with E-state index in [0.717, 1.165) is 5.69 Å². The topological polar surface area (TPSA) is 107 Å². The molecule has 1 N–H and O–H groups in total. The molecule has 0 saturated heterocycles. The number of benzene rings is 1. The van der Waals surface area contributed by atoms with Gasteiger partial charge >= 0.3 is 5.97 Å². The molecule has 2 aromatic heterocycles. The van der Waals surface area contributed by atoms with Crippen LogP contribution in [0.5, 0.6) is 0 Å². The molecule has 1 aromatic carbocycles. The molecule has 3 aromatic rings. The predicted molar refractivity (Wildman–Crippen MR) is 110 cm³/mol. The normalized spacial score (nSPS) is 11.7. The van der Waals surface area contributed by atoms with Crippen LogP contribution < -0.4 is 10.3 Å². The Bertz CT molecular complexity index is 1220. The van der Waals surface area contributed by atoms with Crippen LogP contribution >= 0.6 is 34.5 Å². The number of carbonyl (C=O) groups excluding carboxylic acids is 1. The van der Waals surface area contributed by atoms with Gasteiger partial charge in [0.2, 0.25) is 10.0 Å². The summed E-state index contributed by atoms with van der Waals surface area (Å²) in [6, 6.07) is 5.62. The lowest BCUT2D eigenvalue weighted by molar-refractivity contribution is -0.144. The molecule has 0 spiro atoms. The third kappa shape index (κ3) is 4.96. The number of halogens is 2. The number of aromatic nitrogens is 2. The van der Waals surface area contributed by atoms with Gasteiger partial charge in [-0.15, -0.1) is 11.3 Å². The van der Waals surface area contributed by atoms with Crippen molar-refractivity contribution in [3.05, 3.63) is 61.4 Å². The number of sulfonamides is 1. The lowest BCUT2D eigenvalue weighted by Crippen LogP contribution is -2.27. The SMILES string of the molecule is Cc1csc2nc(COC(=O)CCNS(=O)(=O)c3c(Cl)cccc3Cl)cc(=O)n12. The molecule has 12 heteroatoms. The van der Waals surface area contributed by atoms with Crippen molar-refractivity contribution in [2.24, 2.45) is 0 Å². The monoisotopic (exact) mass is 475 g/mol. The number of nitrogens with one attached hydrogen (secondary N) is 1. The first-order valence-corrected chi connectivity index (χ1v) is 11.4. The van der Waals surface area contributed by atoms with E-state index in [0.29, 0.717) is 10.7 Å². The van der Waals surface area contributed by atoms with Crippen molar-refractivity contribution < 1.29 is 17.9 Å². The summed E-state index contributed by atoms with van der Waals surface area (Å²) in [5.41, 5.74) is 0.828. The van der Waals surface area contributed by atoms with Gasteiger partial charge in [-0.1, -0.05) is 29.3 Å². The number of aryl methyl sites for hydroxylation is 1. The first kappa shape index (κ1) is 21.7. The molecule has 0 amide bonds. The number of rotatable bonds is 7. The van der Waals surface area contributed by atoms with Crippen molar-refractivity contribution in [2.45, 2.75) is 24.8 Å². The summed E-state index contributed by atoms with van der Waals surface area (Å²) in [4.78, 5) is 28.5. The van der Waals surface area contributed by atoms with Crippen molar-refractivity contribution in [3.63, 3.8) is 0 Å². The maximum atomic E-state index is 12.3. The molecular formula is C17H15Cl2N3O5S2. The average molecular weight is 476 g/mol. The molecule has 0 aliphatic carbocycles. The first-order chi connectivity index (χ1) is 13.7. The Balaban J connectivity index is 1.56. The highest BCUT2D eigenvalue weighted by Gasteiger charge is 2.21. The Hall–Kier alpha value is -1.98. The van der Waals surface area contributed by atoms with Gasteiger partial charge in [0.25, 0.3) is 5.56 Å². The van der Waals surface area contributed by atoms with Crippen LogP contribution in [0.15, 0.2) is 39.3 Å². The Kier molecular flexibility index (Phi) is 6.59. The molecule has 8 nitrogen and oxygen atoms in total. The fraction of sp³-hybridized carbons (Fsp3) is 0.235. The molecule has 0 aliphatic rings. The molecule has 0 unspecified atom stereocenters. The van der Waals surface area contributed by atoms with Crippen molar-refractivity contribution in [2.75, 3.05) is 6.54 Å². The number of thiazole rings is 1. The van der Waals surface area contributed by atoms with Gasteiger partial charge < -0.3 is 4.74 Å². The van der Waals surface area contributed by atoms with Gasteiger partial charge in [0.1, 0.15) is 11.5 Å². The van der Waals surface area contributed by atoms with Crippen LogP contribution in [0.4, 0.5) is 0 Å². The maximum Gasteiger partial charge on any atom is 0.307 e. The molecule has 0 bridgehead atoms. The standard InChI is InChI=1S/C17H15Cl2N3O5S2/c1-10-9-28-17-21-11(7-14(23)22(10)17)8-27-15(24)5-6-20-29(25,26)16-12(18)3-2-4-13(16)19/h2-4,7,9,20H,5-6,8H2,1H3. The minimum absolute atomic E-state index is 0.0239. The van der Waals surface area contributed by atoms with E-state index in [1.165, 1.54) is 40.0 Å². The Morgan fingerprint density at radius 3 is 2.69 bits per heavy atom. The van der Waals surface area contributed by atoms with Crippen LogP contribution in [0.1, 0.15) is 17.8 Å². The van der Waals surface area contributed by atoms with E-state index in [4.69, 9.17) is 27.9 Å². The first-order valence-electron chi connectivity index (χ1n) is 8.25. The number of esters is 1. The minimum atomic E-state index is -3.99. The molecule has 0 saturated carbocycles. The van der Waals surface area contributed by atoms with Crippen molar-refractivity contribution in [1.29, 1.82) is 0 Å². The van der Waals surface area contributed by atoms with E-state index in [9.17, 15) is 18.0 Å². The van der Waals surface area contributed by atoms with Gasteiger partial charge in [0.05, 0.1) is 22.2 Å². The summed E-state index contributed by atoms with van der Waals surface area (Å²) in [7, 11) is -3.99. The Labute approximate surface area is 180 Å². The molecule has 154 valence electrons. The van der Waals surface area contributed by atoms with Crippen molar-refractivity contribution in [3.8, 4) is 0 Å². The van der Waals surface area contributed by atoms with E-state index >= 15 is 0 Å². The summed E-state index contributed by atoms with van der Waals surface area (Å²) < 4.78 is 33.4. The van der Waals surface area contributed by atoms with E-state index < -0.39 is 16.0 Å². The third-order valence-corrected chi connectivity index (χ3v) is 7.18. The Morgan fingerprint density at radius 1 is 1.31 bits per heavy atom. The van der Waals surface area contributed by atoms with Crippen LogP contribution in [0, 0.1) is 6.92 Å². The number of nitrogens with zero attached hydrogens (tertiary/aromatic N) is 2. The van der Waals surface area contributed by atoms with Crippen molar-refractivity contribution in [1.82, 2.24) is 14.1 Å². The van der Waals surface area contributed by atoms with Gasteiger partial charge in [0, 0.05) is 23.7 Å². The Morgan fingerprint density at radius 2 is 2.00 bits per heavy atom. The fourth-order valence-corrected chi connectivity index (χ4v) is 5.56. The molecule has 2 heterocycles. The van der Waals surface area contributed by atoms with Crippen LogP contribution in [0.3, 0.4) is 0 Å². The summed E-state index contributed by atoms with van der Waals surface area (Å²) in [5, 5.41) is 1.75. The van der Waals surface area contributed by atoms with E-state index in [2.05, 4.69) is 9.71 Å².